The van der Waals surface area contributed by atoms with Crippen LogP contribution in [-0.4, -0.2) is 9.13 Å². The lowest BCUT2D eigenvalue weighted by Crippen LogP contribution is -2.30. The van der Waals surface area contributed by atoms with Gasteiger partial charge in [0.15, 0.2) is 11.4 Å². The van der Waals surface area contributed by atoms with Crippen molar-refractivity contribution in [1.29, 1.82) is 0 Å². The van der Waals surface area contributed by atoms with E-state index in [4.69, 9.17) is 0 Å². The molecule has 1 N–H and O–H groups in total. The predicted octanol–water partition coefficient (Wildman–Crippen LogP) is 8.03. The molecule has 4 aromatic carbocycles. The minimum absolute atomic E-state index is 1.04. The van der Waals surface area contributed by atoms with Gasteiger partial charge in [0.1, 0.15) is 36.2 Å². The first-order valence-corrected chi connectivity index (χ1v) is 14.9. The van der Waals surface area contributed by atoms with Gasteiger partial charge in [-0.15, -0.1) is 0 Å². The minimum atomic E-state index is 1.04. The summed E-state index contributed by atoms with van der Waals surface area (Å²) in [4.78, 5) is 0. The zero-order valence-electron chi connectivity index (χ0n) is 26.5. The third kappa shape index (κ3) is 5.51. The van der Waals surface area contributed by atoms with Crippen LogP contribution in [0.5, 0.6) is 0 Å². The van der Waals surface area contributed by atoms with Gasteiger partial charge in [0.2, 0.25) is 0 Å². The van der Waals surface area contributed by atoms with Crippen molar-refractivity contribution in [2.45, 2.75) is 55.4 Å². The quantitative estimate of drug-likeness (QED) is 0.203. The van der Waals surface area contributed by atoms with Gasteiger partial charge in [0.05, 0.1) is 11.4 Å². The van der Waals surface area contributed by atoms with E-state index in [0.717, 1.165) is 22.7 Å². The number of anilines is 2. The van der Waals surface area contributed by atoms with E-state index in [-0.39, 0.29) is 0 Å². The predicted molar refractivity (Wildman–Crippen MR) is 176 cm³/mol. The van der Waals surface area contributed by atoms with Crippen molar-refractivity contribution in [3.63, 3.8) is 0 Å². The molecule has 6 rings (SSSR count). The Bertz CT molecular complexity index is 1800. The van der Waals surface area contributed by atoms with Gasteiger partial charge in [-0.25, -0.2) is 9.13 Å². The van der Waals surface area contributed by atoms with Gasteiger partial charge in [-0.3, -0.25) is 0 Å². The molecule has 0 bridgehead atoms. The van der Waals surface area contributed by atoms with E-state index in [1.807, 2.05) is 0 Å². The summed E-state index contributed by atoms with van der Waals surface area (Å²) in [6, 6.07) is 22.1. The largest absolute Gasteiger partial charge is 0.349 e. The Morgan fingerprint density at radius 1 is 0.465 bits per heavy atom. The van der Waals surface area contributed by atoms with Crippen LogP contribution < -0.4 is 14.5 Å². The van der Waals surface area contributed by atoms with E-state index in [1.54, 1.807) is 0 Å². The second kappa shape index (κ2) is 11.1. The van der Waals surface area contributed by atoms with Crippen LogP contribution in [0.3, 0.4) is 0 Å². The molecule has 43 heavy (non-hydrogen) atoms. The smallest absolute Gasteiger partial charge is 0.254 e. The van der Waals surface area contributed by atoms with Crippen LogP contribution in [0.2, 0.25) is 0 Å². The first-order chi connectivity index (χ1) is 20.6. The molecule has 0 unspecified atom stereocenters. The lowest BCUT2D eigenvalue weighted by Gasteiger charge is -2.13. The van der Waals surface area contributed by atoms with E-state index >= 15 is 0 Å². The summed E-state index contributed by atoms with van der Waals surface area (Å²) in [5.41, 5.74) is 16.8. The Kier molecular flexibility index (Phi) is 7.26. The van der Waals surface area contributed by atoms with Crippen molar-refractivity contribution in [3.05, 3.63) is 143 Å². The SMILES string of the molecule is Cc1cc(C)c(-[n+]2ccn(-c3cc(C)ccc3Nc3ccc(C)cc3-n3cc[n+](-c4c(C)cc(C)cc4C)c3)c2)c(C)c1. The molecule has 0 spiro atoms. The average molecular weight is 568 g/mol. The highest BCUT2D eigenvalue weighted by Gasteiger charge is 2.20. The molecule has 0 radical (unpaired) electrons. The number of hydrogen-bond acceptors (Lipinski definition) is 1. The van der Waals surface area contributed by atoms with Crippen LogP contribution in [0.15, 0.2) is 98.1 Å². The lowest BCUT2D eigenvalue weighted by molar-refractivity contribution is -0.595. The monoisotopic (exact) mass is 567 g/mol. The third-order valence-corrected chi connectivity index (χ3v) is 8.19. The molecule has 5 nitrogen and oxygen atoms in total. The third-order valence-electron chi connectivity index (χ3n) is 8.19. The number of hydrogen-bond donors (Lipinski definition) is 1. The number of nitrogens with one attached hydrogen (secondary N) is 1. The Morgan fingerprint density at radius 3 is 1.21 bits per heavy atom. The summed E-state index contributed by atoms with van der Waals surface area (Å²) in [6.07, 6.45) is 12.9. The van der Waals surface area contributed by atoms with Crippen molar-refractivity contribution in [2.24, 2.45) is 0 Å². The summed E-state index contributed by atoms with van der Waals surface area (Å²) < 4.78 is 8.85. The molecule has 0 aliphatic rings. The normalized spacial score (nSPS) is 11.3. The van der Waals surface area contributed by atoms with Crippen molar-refractivity contribution < 1.29 is 9.13 Å². The lowest BCUT2D eigenvalue weighted by atomic mass is 10.1. The highest BCUT2D eigenvalue weighted by atomic mass is 15.2. The molecule has 6 aromatic rings. The van der Waals surface area contributed by atoms with Crippen LogP contribution in [-0.2, 0) is 0 Å². The van der Waals surface area contributed by atoms with Gasteiger partial charge in [0, 0.05) is 0 Å². The maximum Gasteiger partial charge on any atom is 0.254 e. The summed E-state index contributed by atoms with van der Waals surface area (Å²) >= 11 is 0. The Balaban J connectivity index is 1.39. The van der Waals surface area contributed by atoms with Crippen LogP contribution in [0, 0.1) is 55.4 Å². The summed E-state index contributed by atoms with van der Waals surface area (Å²) in [5, 5.41) is 3.79. The maximum absolute atomic E-state index is 3.79. The van der Waals surface area contributed by atoms with E-state index in [0.29, 0.717) is 0 Å². The number of aryl methyl sites for hydroxylation is 8. The molecule has 0 saturated heterocycles. The minimum Gasteiger partial charge on any atom is -0.349 e. The molecule has 0 fully saturated rings. The Hall–Kier alpha value is -4.90. The van der Waals surface area contributed by atoms with Crippen molar-refractivity contribution in [3.8, 4) is 22.7 Å². The molecular formula is C38H41N5+2. The van der Waals surface area contributed by atoms with Crippen LogP contribution in [0.1, 0.15) is 44.5 Å². The summed E-state index contributed by atoms with van der Waals surface area (Å²) in [7, 11) is 0. The van der Waals surface area contributed by atoms with E-state index in [1.165, 1.54) is 55.9 Å². The molecule has 2 heterocycles. The van der Waals surface area contributed by atoms with Gasteiger partial charge < -0.3 is 5.32 Å². The second-order valence-corrected chi connectivity index (χ2v) is 12.1. The van der Waals surface area contributed by atoms with Crippen LogP contribution >= 0.6 is 0 Å². The molecule has 216 valence electrons. The summed E-state index contributed by atoms with van der Waals surface area (Å²) in [5.74, 6) is 0. The zero-order valence-corrected chi connectivity index (χ0v) is 26.5. The maximum atomic E-state index is 3.79. The fourth-order valence-corrected chi connectivity index (χ4v) is 6.49. The number of aromatic nitrogens is 4. The second-order valence-electron chi connectivity index (χ2n) is 12.1. The Morgan fingerprint density at radius 2 is 0.837 bits per heavy atom. The standard InChI is InChI=1S/C38H41N5/c1-25-9-11-33(35(21-25)40-13-15-42(23-40)37-29(5)17-27(3)18-30(37)6)39-34-12-10-26(2)22-36(34)41-14-16-43(24-41)38-31(7)19-28(4)20-32(38)8/h9-24,39H,1-8H3/q+2. The molecule has 0 aliphatic carbocycles. The summed E-state index contributed by atoms with van der Waals surface area (Å²) in [6.45, 7) is 17.3. The van der Waals surface area contributed by atoms with E-state index < -0.39 is 0 Å². The van der Waals surface area contributed by atoms with Gasteiger partial charge in [-0.2, -0.15) is 9.13 Å². The highest BCUT2D eigenvalue weighted by Crippen LogP contribution is 2.30. The molecule has 0 aliphatic heterocycles. The molecule has 0 atom stereocenters. The Labute approximate surface area is 255 Å². The number of imidazole rings is 2. The molecule has 0 saturated carbocycles. The van der Waals surface area contributed by atoms with Gasteiger partial charge in [-0.1, -0.05) is 47.5 Å². The average Bonchev–Trinajstić information content (AvgIpc) is 3.60. The topological polar surface area (TPSA) is 29.6 Å². The molecular weight excluding hydrogens is 526 g/mol. The fourth-order valence-electron chi connectivity index (χ4n) is 6.49. The van der Waals surface area contributed by atoms with Crippen LogP contribution in [0.4, 0.5) is 11.4 Å². The highest BCUT2D eigenvalue weighted by molar-refractivity contribution is 5.75. The van der Waals surface area contributed by atoms with Gasteiger partial charge >= 0.3 is 0 Å². The first kappa shape index (κ1) is 28.2. The van der Waals surface area contributed by atoms with Gasteiger partial charge in [0.25, 0.3) is 12.7 Å². The van der Waals surface area contributed by atoms with Crippen molar-refractivity contribution in [2.75, 3.05) is 5.32 Å². The first-order valence-electron chi connectivity index (χ1n) is 14.9. The van der Waals surface area contributed by atoms with E-state index in [2.05, 4.69) is 177 Å². The van der Waals surface area contributed by atoms with Crippen molar-refractivity contribution >= 4 is 11.4 Å². The molecule has 2 aromatic heterocycles. The molecule has 5 heteroatoms. The van der Waals surface area contributed by atoms with Crippen LogP contribution in [0.25, 0.3) is 22.7 Å². The van der Waals surface area contributed by atoms with Crippen molar-refractivity contribution in [1.82, 2.24) is 9.13 Å². The number of benzene rings is 4. The fraction of sp³-hybridized carbons (Fsp3) is 0.211. The number of nitrogens with zero attached hydrogens (tertiary/aromatic N) is 4. The zero-order chi connectivity index (χ0) is 30.4. The van der Waals surface area contributed by atoms with Gasteiger partial charge in [-0.05, 0) is 113 Å². The van der Waals surface area contributed by atoms with E-state index in [9.17, 15) is 0 Å². The molecule has 0 amide bonds. The number of rotatable bonds is 6.